The summed E-state index contributed by atoms with van der Waals surface area (Å²) in [5.74, 6) is -0.149. The maximum atomic E-state index is 12.9. The zero-order valence-corrected chi connectivity index (χ0v) is 17.4. The number of imidazole rings is 2. The summed E-state index contributed by atoms with van der Waals surface area (Å²) in [6, 6.07) is 9.07. The number of halogens is 1. The summed E-state index contributed by atoms with van der Waals surface area (Å²) < 4.78 is 0. The summed E-state index contributed by atoms with van der Waals surface area (Å²) in [6.07, 6.45) is 1.80. The van der Waals surface area contributed by atoms with Crippen molar-refractivity contribution in [2.75, 3.05) is 13.1 Å². The van der Waals surface area contributed by atoms with Gasteiger partial charge in [-0.3, -0.25) is 4.79 Å². The molecule has 1 fully saturated rings. The number of carbonyl (C=O) groups is 1. The molecule has 2 aromatic heterocycles. The highest BCUT2D eigenvalue weighted by Crippen LogP contribution is 2.33. The minimum atomic E-state index is -0.320. The van der Waals surface area contributed by atoms with Gasteiger partial charge in [0.2, 0.25) is 0 Å². The Hall–Kier alpha value is -2.75. The molecule has 0 atom stereocenters. The van der Waals surface area contributed by atoms with Crippen molar-refractivity contribution in [1.29, 1.82) is 0 Å². The van der Waals surface area contributed by atoms with Gasteiger partial charge in [0.25, 0.3) is 5.91 Å². The van der Waals surface area contributed by atoms with Crippen LogP contribution in [0.2, 0.25) is 5.02 Å². The van der Waals surface area contributed by atoms with E-state index >= 15 is 0 Å². The van der Waals surface area contributed by atoms with Gasteiger partial charge in [-0.1, -0.05) is 11.6 Å². The Labute approximate surface area is 180 Å². The smallest absolute Gasteiger partial charge is 0.323 e. The number of piperidine rings is 1. The normalized spacial score (nSPS) is 15.1. The predicted molar refractivity (Wildman–Crippen MR) is 118 cm³/mol. The van der Waals surface area contributed by atoms with Gasteiger partial charge in [-0.05, 0) is 68.0 Å². The van der Waals surface area contributed by atoms with Crippen molar-refractivity contribution in [1.82, 2.24) is 30.6 Å². The maximum Gasteiger partial charge on any atom is 0.323 e. The van der Waals surface area contributed by atoms with Crippen LogP contribution in [-0.2, 0) is 0 Å². The lowest BCUT2D eigenvalue weighted by molar-refractivity contribution is 0.0929. The van der Waals surface area contributed by atoms with E-state index in [1.165, 1.54) is 11.8 Å². The molecule has 4 aromatic rings. The molecule has 1 amide bonds. The van der Waals surface area contributed by atoms with E-state index in [1.807, 2.05) is 12.1 Å². The maximum absolute atomic E-state index is 12.9. The predicted octanol–water partition coefficient (Wildman–Crippen LogP) is 3.02. The molecule has 8 nitrogen and oxygen atoms in total. The number of carbonyl (C=O) groups excluding carboxylic acids is 1. The van der Waals surface area contributed by atoms with E-state index < -0.39 is 0 Å². The molecule has 10 heteroatoms. The van der Waals surface area contributed by atoms with Crippen LogP contribution in [0.15, 0.2) is 45.2 Å². The van der Waals surface area contributed by atoms with Crippen molar-refractivity contribution < 1.29 is 4.79 Å². The van der Waals surface area contributed by atoms with E-state index in [-0.39, 0.29) is 17.6 Å². The molecule has 0 aliphatic carbocycles. The van der Waals surface area contributed by atoms with E-state index in [0.717, 1.165) is 41.9 Å². The molecular formula is C20H19ClN6O2S. The van der Waals surface area contributed by atoms with Gasteiger partial charge in [-0.2, -0.15) is 0 Å². The van der Waals surface area contributed by atoms with Crippen LogP contribution >= 0.6 is 23.4 Å². The summed E-state index contributed by atoms with van der Waals surface area (Å²) in [7, 11) is 0. The molecule has 5 N–H and O–H groups in total. The van der Waals surface area contributed by atoms with Crippen molar-refractivity contribution >= 4 is 51.3 Å². The van der Waals surface area contributed by atoms with Gasteiger partial charge in [0.1, 0.15) is 0 Å². The second kappa shape index (κ2) is 7.82. The quantitative estimate of drug-likeness (QED) is 0.333. The molecule has 0 radical (unpaired) electrons. The van der Waals surface area contributed by atoms with E-state index in [4.69, 9.17) is 11.6 Å². The molecule has 30 heavy (non-hydrogen) atoms. The molecular weight excluding hydrogens is 424 g/mol. The lowest BCUT2D eigenvalue weighted by Crippen LogP contribution is -2.42. The molecule has 0 spiro atoms. The van der Waals surface area contributed by atoms with Gasteiger partial charge in [-0.15, -0.1) is 0 Å². The molecule has 1 saturated heterocycles. The van der Waals surface area contributed by atoms with Gasteiger partial charge in [0.15, 0.2) is 5.16 Å². The van der Waals surface area contributed by atoms with Crippen LogP contribution in [0.4, 0.5) is 0 Å². The van der Waals surface area contributed by atoms with Crippen molar-refractivity contribution in [3.63, 3.8) is 0 Å². The fourth-order valence-corrected chi connectivity index (χ4v) is 4.80. The first kappa shape index (κ1) is 19.2. The number of rotatable bonds is 4. The third-order valence-corrected chi connectivity index (χ3v) is 6.32. The van der Waals surface area contributed by atoms with E-state index in [0.29, 0.717) is 26.8 Å². The summed E-state index contributed by atoms with van der Waals surface area (Å²) in [6.45, 7) is 1.79. The Bertz CT molecular complexity index is 1300. The topological polar surface area (TPSA) is 118 Å². The third kappa shape index (κ3) is 3.83. The first-order chi connectivity index (χ1) is 14.5. The highest BCUT2D eigenvalue weighted by molar-refractivity contribution is 7.99. The molecule has 0 bridgehead atoms. The second-order valence-electron chi connectivity index (χ2n) is 7.28. The Kier molecular flexibility index (Phi) is 5.01. The summed E-state index contributed by atoms with van der Waals surface area (Å²) >= 11 is 7.41. The fourth-order valence-electron chi connectivity index (χ4n) is 3.67. The van der Waals surface area contributed by atoms with Crippen LogP contribution in [-0.4, -0.2) is 45.0 Å². The minimum Gasteiger partial charge on any atom is -0.349 e. The first-order valence-electron chi connectivity index (χ1n) is 9.66. The van der Waals surface area contributed by atoms with E-state index in [2.05, 4.69) is 30.6 Å². The van der Waals surface area contributed by atoms with Crippen molar-refractivity contribution in [3.05, 3.63) is 51.4 Å². The molecule has 2 aromatic carbocycles. The molecule has 1 aliphatic heterocycles. The van der Waals surface area contributed by atoms with Crippen LogP contribution < -0.4 is 16.3 Å². The molecule has 154 valence electrons. The van der Waals surface area contributed by atoms with E-state index in [9.17, 15) is 9.59 Å². The number of aromatic nitrogens is 4. The molecule has 3 heterocycles. The highest BCUT2D eigenvalue weighted by atomic mass is 35.5. The average Bonchev–Trinajstić information content (AvgIpc) is 3.30. The number of nitrogens with one attached hydrogen (secondary N) is 5. The number of benzene rings is 2. The number of fused-ring (bicyclic) bond motifs is 2. The Balaban J connectivity index is 1.49. The lowest BCUT2D eigenvalue weighted by atomic mass is 10.1. The first-order valence-corrected chi connectivity index (χ1v) is 10.9. The minimum absolute atomic E-state index is 0.149. The van der Waals surface area contributed by atoms with E-state index in [1.54, 1.807) is 18.2 Å². The molecule has 1 aliphatic rings. The number of aromatic amines is 3. The van der Waals surface area contributed by atoms with Gasteiger partial charge in [0.05, 0.1) is 22.1 Å². The number of hydrogen-bond donors (Lipinski definition) is 5. The van der Waals surface area contributed by atoms with Crippen molar-refractivity contribution in [2.24, 2.45) is 0 Å². The summed E-state index contributed by atoms with van der Waals surface area (Å²) in [5.41, 5.74) is 3.02. The Morgan fingerprint density at radius 2 is 1.93 bits per heavy atom. The second-order valence-corrected chi connectivity index (χ2v) is 8.75. The third-order valence-electron chi connectivity index (χ3n) is 5.15. The fraction of sp³-hybridized carbons (Fsp3) is 0.250. The van der Waals surface area contributed by atoms with Gasteiger partial charge in [0, 0.05) is 21.5 Å². The number of amides is 1. The molecule has 0 unspecified atom stereocenters. The monoisotopic (exact) mass is 442 g/mol. The Morgan fingerprint density at radius 1 is 1.10 bits per heavy atom. The Morgan fingerprint density at radius 3 is 2.77 bits per heavy atom. The standard InChI is InChI=1S/C20H19ClN6O2S/c21-11-1-2-13-14(9-11)26-20(25-13)30-16-8-10(7-15-17(16)27-19(29)24-15)18(28)23-12-3-5-22-6-4-12/h1-2,7-9,12,22H,3-6H2,(H,23,28)(H,25,26)(H2,24,27,29). The van der Waals surface area contributed by atoms with Crippen molar-refractivity contribution in [3.8, 4) is 0 Å². The molecule has 5 rings (SSSR count). The zero-order valence-electron chi connectivity index (χ0n) is 15.8. The van der Waals surface area contributed by atoms with Crippen LogP contribution in [0.5, 0.6) is 0 Å². The molecule has 0 saturated carbocycles. The van der Waals surface area contributed by atoms with Gasteiger partial charge < -0.3 is 25.6 Å². The number of H-pyrrole nitrogens is 3. The zero-order chi connectivity index (χ0) is 20.7. The summed E-state index contributed by atoms with van der Waals surface area (Å²) in [4.78, 5) is 38.9. The van der Waals surface area contributed by atoms with Crippen molar-refractivity contribution in [2.45, 2.75) is 28.9 Å². The summed E-state index contributed by atoms with van der Waals surface area (Å²) in [5, 5.41) is 7.65. The van der Waals surface area contributed by atoms with Gasteiger partial charge >= 0.3 is 5.69 Å². The largest absolute Gasteiger partial charge is 0.349 e. The van der Waals surface area contributed by atoms with Crippen LogP contribution in [0.3, 0.4) is 0 Å². The SMILES string of the molecule is O=C(NC1CCNCC1)c1cc(Sc2nc3ccc(Cl)cc3[nH]2)c2[nH]c(=O)[nH]c2c1. The van der Waals surface area contributed by atoms with Crippen LogP contribution in [0.1, 0.15) is 23.2 Å². The van der Waals surface area contributed by atoms with Gasteiger partial charge in [-0.25, -0.2) is 9.78 Å². The van der Waals surface area contributed by atoms with Crippen LogP contribution in [0, 0.1) is 0 Å². The number of hydrogen-bond acceptors (Lipinski definition) is 5. The average molecular weight is 443 g/mol. The highest BCUT2D eigenvalue weighted by Gasteiger charge is 2.19. The lowest BCUT2D eigenvalue weighted by Gasteiger charge is -2.23. The number of nitrogens with zero attached hydrogens (tertiary/aromatic N) is 1. The van der Waals surface area contributed by atoms with Crippen LogP contribution in [0.25, 0.3) is 22.1 Å².